The van der Waals surface area contributed by atoms with Crippen LogP contribution in [0, 0.1) is 17.0 Å². The van der Waals surface area contributed by atoms with E-state index in [1.807, 2.05) is 0 Å². The number of benzene rings is 2. The van der Waals surface area contributed by atoms with Crippen molar-refractivity contribution in [3.05, 3.63) is 74.1 Å². The average molecular weight is 540 g/mol. The maximum Gasteiger partial charge on any atom is 0.509 e. The maximum absolute atomic E-state index is 12.7. The molecule has 2 aliphatic heterocycles. The fourth-order valence-electron chi connectivity index (χ4n) is 4.77. The highest BCUT2D eigenvalue weighted by Gasteiger charge is 2.59. The first-order valence-electron chi connectivity index (χ1n) is 11.9. The van der Waals surface area contributed by atoms with E-state index in [1.165, 1.54) is 31.4 Å². The number of carbonyl (C=O) groups excluding carboxylic acids is 2. The van der Waals surface area contributed by atoms with Crippen LogP contribution in [0.5, 0.6) is 5.75 Å². The van der Waals surface area contributed by atoms with Gasteiger partial charge in [0.25, 0.3) is 11.6 Å². The first-order valence-corrected chi connectivity index (χ1v) is 11.9. The molecule has 1 amide bonds. The number of fused-ring (bicyclic) bond motifs is 2. The van der Waals surface area contributed by atoms with Crippen molar-refractivity contribution in [1.82, 2.24) is 0 Å². The van der Waals surface area contributed by atoms with E-state index in [4.69, 9.17) is 28.1 Å². The van der Waals surface area contributed by atoms with Crippen molar-refractivity contribution in [3.8, 4) is 5.75 Å². The second-order valence-corrected chi connectivity index (χ2v) is 9.59. The van der Waals surface area contributed by atoms with Gasteiger partial charge in [0.1, 0.15) is 23.1 Å². The molecular formula is C26H24N2O11. The lowest BCUT2D eigenvalue weighted by atomic mass is 9.89. The number of methoxy groups -OCH3 is 1. The molecule has 1 aromatic heterocycles. The number of nitrogens with one attached hydrogen (secondary N) is 1. The predicted molar refractivity (Wildman–Crippen MR) is 134 cm³/mol. The number of carbonyl (C=O) groups is 2. The number of aryl methyl sites for hydroxylation is 1. The fraction of sp³-hybridized carbons (Fsp3) is 0.346. The molecule has 2 fully saturated rings. The van der Waals surface area contributed by atoms with Gasteiger partial charge in [0.2, 0.25) is 12.4 Å². The summed E-state index contributed by atoms with van der Waals surface area (Å²) in [6, 6.07) is 9.78. The number of rotatable bonds is 6. The Hall–Kier alpha value is -4.49. The van der Waals surface area contributed by atoms with Crippen LogP contribution in [0.2, 0.25) is 0 Å². The number of nitrogens with zero attached hydrogens (tertiary/aromatic N) is 1. The number of nitro groups is 1. The fourth-order valence-corrected chi connectivity index (χ4v) is 4.77. The Bertz CT molecular complexity index is 1550. The highest BCUT2D eigenvalue weighted by atomic mass is 16.8. The van der Waals surface area contributed by atoms with Crippen LogP contribution in [-0.2, 0) is 18.9 Å². The molecule has 3 heterocycles. The SMILES string of the molecule is CO[C@@H]1[C@@H]2OC(=O)O[C@@H]2[C@H](Oc2ccc3cc(NC(=O)c4cccc([N+](=O)[O-])c4)c(=O)oc3c2C)OC1(C)C. The summed E-state index contributed by atoms with van der Waals surface area (Å²) >= 11 is 0. The van der Waals surface area contributed by atoms with Crippen LogP contribution in [0.15, 0.2) is 51.7 Å². The topological polar surface area (TPSA) is 166 Å². The maximum atomic E-state index is 12.7. The molecule has 2 saturated heterocycles. The molecule has 3 aromatic rings. The van der Waals surface area contributed by atoms with Gasteiger partial charge in [-0.1, -0.05) is 6.07 Å². The van der Waals surface area contributed by atoms with Crippen LogP contribution in [0.25, 0.3) is 11.0 Å². The third-order valence-corrected chi connectivity index (χ3v) is 6.63. The van der Waals surface area contributed by atoms with Gasteiger partial charge in [0.05, 0.1) is 10.5 Å². The van der Waals surface area contributed by atoms with E-state index in [0.29, 0.717) is 16.7 Å². The van der Waals surface area contributed by atoms with Crippen molar-refractivity contribution < 1.29 is 42.6 Å². The summed E-state index contributed by atoms with van der Waals surface area (Å²) in [7, 11) is 1.48. The van der Waals surface area contributed by atoms with E-state index in [-0.39, 0.29) is 22.5 Å². The highest BCUT2D eigenvalue weighted by molar-refractivity contribution is 6.05. The molecule has 2 aliphatic rings. The standard InChI is InChI=1S/C26H24N2O11/c1-12-17(35-24-20-19(37-25(31)38-20)21(34-4)26(2,3)39-24)9-8-13-11-16(23(30)36-18(12)13)27-22(29)14-6-5-7-15(10-14)28(32)33/h5-11,19-21,24H,1-4H3,(H,27,29)/t19-,20+,21-,24-/m1/s1. The zero-order valence-electron chi connectivity index (χ0n) is 21.3. The summed E-state index contributed by atoms with van der Waals surface area (Å²) < 4.78 is 33.8. The lowest BCUT2D eigenvalue weighted by Crippen LogP contribution is -2.62. The molecule has 13 nitrogen and oxygen atoms in total. The number of nitro benzene ring substituents is 1. The molecule has 0 aliphatic carbocycles. The summed E-state index contributed by atoms with van der Waals surface area (Å²) in [6.07, 6.45) is -4.15. The van der Waals surface area contributed by atoms with E-state index in [0.717, 1.165) is 6.07 Å². The second-order valence-electron chi connectivity index (χ2n) is 9.59. The summed E-state index contributed by atoms with van der Waals surface area (Å²) in [5.74, 6) is -0.409. The van der Waals surface area contributed by atoms with Crippen LogP contribution in [0.3, 0.4) is 0 Å². The van der Waals surface area contributed by atoms with Crippen LogP contribution in [-0.4, -0.2) is 54.3 Å². The quantitative estimate of drug-likeness (QED) is 0.210. The molecule has 13 heteroatoms. The Labute approximate surface area is 220 Å². The zero-order valence-corrected chi connectivity index (χ0v) is 21.3. The first kappa shape index (κ1) is 26.1. The molecule has 0 bridgehead atoms. The molecule has 0 spiro atoms. The van der Waals surface area contributed by atoms with Crippen molar-refractivity contribution >= 4 is 34.4 Å². The molecule has 0 radical (unpaired) electrons. The lowest BCUT2D eigenvalue weighted by Gasteiger charge is -2.45. The summed E-state index contributed by atoms with van der Waals surface area (Å²) in [5, 5.41) is 13.9. The molecule has 2 aromatic carbocycles. The Balaban J connectivity index is 1.41. The highest BCUT2D eigenvalue weighted by Crippen LogP contribution is 2.39. The van der Waals surface area contributed by atoms with Gasteiger partial charge >= 0.3 is 11.8 Å². The van der Waals surface area contributed by atoms with Crippen molar-refractivity contribution in [2.45, 2.75) is 51.0 Å². The molecule has 39 heavy (non-hydrogen) atoms. The third-order valence-electron chi connectivity index (χ3n) is 6.63. The van der Waals surface area contributed by atoms with Crippen LogP contribution < -0.4 is 15.7 Å². The first-order chi connectivity index (χ1) is 18.5. The van der Waals surface area contributed by atoms with E-state index in [1.54, 1.807) is 32.9 Å². The smallest absolute Gasteiger partial charge is 0.460 e. The zero-order chi connectivity index (χ0) is 28.1. The van der Waals surface area contributed by atoms with Crippen molar-refractivity contribution in [2.24, 2.45) is 0 Å². The second kappa shape index (κ2) is 9.67. The molecule has 0 saturated carbocycles. The van der Waals surface area contributed by atoms with Crippen LogP contribution in [0.1, 0.15) is 29.8 Å². The average Bonchev–Trinajstić information content (AvgIpc) is 3.27. The minimum Gasteiger partial charge on any atom is -0.460 e. The molecule has 5 rings (SSSR count). The summed E-state index contributed by atoms with van der Waals surface area (Å²) in [4.78, 5) is 47.6. The monoisotopic (exact) mass is 540 g/mol. The Morgan fingerprint density at radius 2 is 1.85 bits per heavy atom. The molecule has 4 atom stereocenters. The number of non-ortho nitro benzene ring substituents is 1. The summed E-state index contributed by atoms with van der Waals surface area (Å²) in [5.41, 5.74) is -1.47. The lowest BCUT2D eigenvalue weighted by molar-refractivity contribution is -0.384. The van der Waals surface area contributed by atoms with E-state index in [9.17, 15) is 24.5 Å². The van der Waals surface area contributed by atoms with Gasteiger partial charge in [-0.3, -0.25) is 14.9 Å². The van der Waals surface area contributed by atoms with Gasteiger partial charge in [-0.15, -0.1) is 0 Å². The van der Waals surface area contributed by atoms with Crippen molar-refractivity contribution in [1.29, 1.82) is 0 Å². The number of hydrogen-bond donors (Lipinski definition) is 1. The number of amides is 1. The van der Waals surface area contributed by atoms with Gasteiger partial charge in [-0.25, -0.2) is 9.59 Å². The van der Waals surface area contributed by atoms with Gasteiger partial charge in [-0.05, 0) is 45.0 Å². The molecule has 0 unspecified atom stereocenters. The molecule has 1 N–H and O–H groups in total. The van der Waals surface area contributed by atoms with Crippen LogP contribution >= 0.6 is 0 Å². The normalized spacial score (nSPS) is 23.4. The number of anilines is 1. The van der Waals surface area contributed by atoms with Gasteiger partial charge in [0.15, 0.2) is 6.10 Å². The van der Waals surface area contributed by atoms with Crippen LogP contribution in [0.4, 0.5) is 16.2 Å². The Morgan fingerprint density at radius 1 is 1.10 bits per heavy atom. The minimum atomic E-state index is -1.04. The van der Waals surface area contributed by atoms with Gasteiger partial charge in [-0.2, -0.15) is 0 Å². The predicted octanol–water partition coefficient (Wildman–Crippen LogP) is 3.69. The molecular weight excluding hydrogens is 516 g/mol. The van der Waals surface area contributed by atoms with Gasteiger partial charge < -0.3 is 33.4 Å². The Kier molecular flexibility index (Phi) is 6.48. The van der Waals surface area contributed by atoms with E-state index in [2.05, 4.69) is 5.32 Å². The minimum absolute atomic E-state index is 0.00430. The van der Waals surface area contributed by atoms with Gasteiger partial charge in [0, 0.05) is 35.8 Å². The largest absolute Gasteiger partial charge is 0.509 e. The number of ether oxygens (including phenoxy) is 5. The molecule has 204 valence electrons. The van der Waals surface area contributed by atoms with Crippen molar-refractivity contribution in [2.75, 3.05) is 12.4 Å². The van der Waals surface area contributed by atoms with E-state index < -0.39 is 52.8 Å². The van der Waals surface area contributed by atoms with E-state index >= 15 is 0 Å². The number of hydrogen-bond acceptors (Lipinski definition) is 11. The summed E-state index contributed by atoms with van der Waals surface area (Å²) in [6.45, 7) is 5.22. The Morgan fingerprint density at radius 3 is 2.56 bits per heavy atom. The van der Waals surface area contributed by atoms with Crippen molar-refractivity contribution in [3.63, 3.8) is 0 Å². The third kappa shape index (κ3) is 4.77.